The van der Waals surface area contributed by atoms with Crippen LogP contribution >= 0.6 is 0 Å². The SMILES string of the molecule is C[C@H](Oc1ccc(C(F)(F)F)cc1-c1ccc(C(=O)NC(C)(C)C)c(F)c1)C(=O)O. The predicted octanol–water partition coefficient (Wildman–Crippen LogP) is 4.89. The van der Waals surface area contributed by atoms with E-state index in [0.29, 0.717) is 0 Å². The summed E-state index contributed by atoms with van der Waals surface area (Å²) in [5.41, 5.74) is -2.06. The second kappa shape index (κ2) is 8.33. The molecule has 2 N–H and O–H groups in total. The zero-order valence-electron chi connectivity index (χ0n) is 16.7. The Morgan fingerprint density at radius 1 is 1.07 bits per heavy atom. The third kappa shape index (κ3) is 5.71. The predicted molar refractivity (Wildman–Crippen MR) is 102 cm³/mol. The number of aliphatic carboxylic acids is 1. The lowest BCUT2D eigenvalue weighted by molar-refractivity contribution is -0.144. The number of carboxylic acid groups (broad SMARTS) is 1. The Hall–Kier alpha value is -3.10. The lowest BCUT2D eigenvalue weighted by Crippen LogP contribution is -2.40. The van der Waals surface area contributed by atoms with Crippen molar-refractivity contribution >= 4 is 11.9 Å². The summed E-state index contributed by atoms with van der Waals surface area (Å²) in [7, 11) is 0. The first kappa shape index (κ1) is 23.2. The molecule has 0 saturated heterocycles. The van der Waals surface area contributed by atoms with Gasteiger partial charge in [-0.25, -0.2) is 9.18 Å². The quantitative estimate of drug-likeness (QED) is 0.666. The van der Waals surface area contributed by atoms with Crippen molar-refractivity contribution in [2.24, 2.45) is 0 Å². The van der Waals surface area contributed by atoms with Gasteiger partial charge in [-0.15, -0.1) is 0 Å². The summed E-state index contributed by atoms with van der Waals surface area (Å²) in [5.74, 6) is -3.10. The average Bonchev–Trinajstić information content (AvgIpc) is 2.59. The molecule has 5 nitrogen and oxygen atoms in total. The number of carboxylic acids is 1. The van der Waals surface area contributed by atoms with Crippen molar-refractivity contribution < 1.29 is 37.0 Å². The third-order valence-electron chi connectivity index (χ3n) is 3.97. The van der Waals surface area contributed by atoms with Gasteiger partial charge in [0.25, 0.3) is 5.91 Å². The van der Waals surface area contributed by atoms with Crippen LogP contribution in [0, 0.1) is 5.82 Å². The molecule has 0 aliphatic carbocycles. The normalized spacial score (nSPS) is 12.9. The number of hydrogen-bond acceptors (Lipinski definition) is 3. The summed E-state index contributed by atoms with van der Waals surface area (Å²) in [6, 6.07) is 5.80. The Kier molecular flexibility index (Phi) is 6.44. The summed E-state index contributed by atoms with van der Waals surface area (Å²) >= 11 is 0. The van der Waals surface area contributed by atoms with E-state index in [2.05, 4.69) is 5.32 Å². The molecule has 0 aliphatic heterocycles. The Balaban J connectivity index is 2.53. The second-order valence-corrected chi connectivity index (χ2v) is 7.71. The van der Waals surface area contributed by atoms with Gasteiger partial charge in [-0.2, -0.15) is 13.2 Å². The summed E-state index contributed by atoms with van der Waals surface area (Å²) in [6.07, 6.45) is -6.02. The number of hydrogen-bond donors (Lipinski definition) is 2. The van der Waals surface area contributed by atoms with E-state index in [1.807, 2.05) is 0 Å². The van der Waals surface area contributed by atoms with Crippen molar-refractivity contribution in [2.45, 2.75) is 45.5 Å². The van der Waals surface area contributed by atoms with Gasteiger partial charge in [0, 0.05) is 11.1 Å². The molecule has 0 radical (unpaired) electrons. The maximum Gasteiger partial charge on any atom is 0.416 e. The topological polar surface area (TPSA) is 75.6 Å². The van der Waals surface area contributed by atoms with Crippen LogP contribution in [0.2, 0.25) is 0 Å². The number of nitrogens with one attached hydrogen (secondary N) is 1. The summed E-state index contributed by atoms with van der Waals surface area (Å²) in [4.78, 5) is 23.3. The molecule has 1 atom stereocenters. The number of carbonyl (C=O) groups excluding carboxylic acids is 1. The molecular weight excluding hydrogens is 406 g/mol. The second-order valence-electron chi connectivity index (χ2n) is 7.71. The number of amides is 1. The Morgan fingerprint density at radius 2 is 1.70 bits per heavy atom. The summed E-state index contributed by atoms with van der Waals surface area (Å²) in [6.45, 7) is 6.36. The van der Waals surface area contributed by atoms with E-state index in [0.717, 1.165) is 30.3 Å². The van der Waals surface area contributed by atoms with E-state index in [1.54, 1.807) is 20.8 Å². The fraction of sp³-hybridized carbons (Fsp3) is 0.333. The fourth-order valence-electron chi connectivity index (χ4n) is 2.55. The molecule has 1 amide bonds. The minimum atomic E-state index is -4.67. The zero-order chi connectivity index (χ0) is 22.9. The first-order valence-corrected chi connectivity index (χ1v) is 8.92. The lowest BCUT2D eigenvalue weighted by atomic mass is 9.99. The van der Waals surface area contributed by atoms with Gasteiger partial charge in [-0.1, -0.05) is 6.07 Å². The van der Waals surface area contributed by atoms with Crippen LogP contribution in [-0.4, -0.2) is 28.6 Å². The number of halogens is 4. The van der Waals surface area contributed by atoms with Gasteiger partial charge in [-0.05, 0) is 63.6 Å². The standard InChI is InChI=1S/C21H21F4NO4/c1-11(19(28)29)30-17-8-6-13(21(23,24)25)10-15(17)12-5-7-14(16(22)9-12)18(27)26-20(2,3)4/h5-11H,1-4H3,(H,26,27)(H,28,29)/t11-/m0/s1. The summed E-state index contributed by atoms with van der Waals surface area (Å²) in [5, 5.41) is 11.6. The molecule has 162 valence electrons. The van der Waals surface area contributed by atoms with Gasteiger partial charge in [0.1, 0.15) is 11.6 Å². The van der Waals surface area contributed by atoms with Gasteiger partial charge in [-0.3, -0.25) is 4.79 Å². The first-order valence-electron chi connectivity index (χ1n) is 8.92. The molecule has 0 bridgehead atoms. The Labute approximate surface area is 170 Å². The first-order chi connectivity index (χ1) is 13.7. The number of alkyl halides is 3. The van der Waals surface area contributed by atoms with Gasteiger partial charge in [0.15, 0.2) is 6.10 Å². The minimum Gasteiger partial charge on any atom is -0.479 e. The molecular formula is C21H21F4NO4. The molecule has 30 heavy (non-hydrogen) atoms. The highest BCUT2D eigenvalue weighted by atomic mass is 19.4. The summed E-state index contributed by atoms with van der Waals surface area (Å²) < 4.78 is 59.3. The van der Waals surface area contributed by atoms with E-state index in [4.69, 9.17) is 9.84 Å². The molecule has 0 unspecified atom stereocenters. The van der Waals surface area contributed by atoms with Crippen molar-refractivity contribution in [2.75, 3.05) is 0 Å². The van der Waals surface area contributed by atoms with Crippen molar-refractivity contribution in [1.82, 2.24) is 5.32 Å². The fourth-order valence-corrected chi connectivity index (χ4v) is 2.55. The van der Waals surface area contributed by atoms with Crippen LogP contribution in [0.25, 0.3) is 11.1 Å². The van der Waals surface area contributed by atoms with Crippen molar-refractivity contribution in [1.29, 1.82) is 0 Å². The highest BCUT2D eigenvalue weighted by molar-refractivity contribution is 5.95. The molecule has 2 aromatic carbocycles. The zero-order valence-corrected chi connectivity index (χ0v) is 16.7. The third-order valence-corrected chi connectivity index (χ3v) is 3.97. The number of ether oxygens (including phenoxy) is 1. The highest BCUT2D eigenvalue weighted by Crippen LogP contribution is 2.38. The van der Waals surface area contributed by atoms with Crippen molar-refractivity contribution in [3.05, 3.63) is 53.3 Å². The molecule has 2 aromatic rings. The van der Waals surface area contributed by atoms with Crippen LogP contribution in [0.15, 0.2) is 36.4 Å². The molecule has 0 aliphatic rings. The smallest absolute Gasteiger partial charge is 0.416 e. The minimum absolute atomic E-state index is 0.00139. The molecule has 0 aromatic heterocycles. The van der Waals surface area contributed by atoms with Gasteiger partial charge in [0.2, 0.25) is 0 Å². The number of benzene rings is 2. The van der Waals surface area contributed by atoms with Crippen LogP contribution in [0.4, 0.5) is 17.6 Å². The largest absolute Gasteiger partial charge is 0.479 e. The van der Waals surface area contributed by atoms with Crippen molar-refractivity contribution in [3.63, 3.8) is 0 Å². The van der Waals surface area contributed by atoms with E-state index >= 15 is 0 Å². The van der Waals surface area contributed by atoms with Crippen LogP contribution in [0.5, 0.6) is 5.75 Å². The molecule has 9 heteroatoms. The maximum atomic E-state index is 14.6. The van der Waals surface area contributed by atoms with Crippen molar-refractivity contribution in [3.8, 4) is 16.9 Å². The van der Waals surface area contributed by atoms with E-state index in [1.165, 1.54) is 13.0 Å². The Morgan fingerprint density at radius 3 is 2.20 bits per heavy atom. The van der Waals surface area contributed by atoms with Crippen LogP contribution in [-0.2, 0) is 11.0 Å². The van der Waals surface area contributed by atoms with Gasteiger partial charge < -0.3 is 15.2 Å². The molecule has 2 rings (SSSR count). The lowest BCUT2D eigenvalue weighted by Gasteiger charge is -2.21. The van der Waals surface area contributed by atoms with Crippen LogP contribution in [0.1, 0.15) is 43.6 Å². The maximum absolute atomic E-state index is 14.6. The van der Waals surface area contributed by atoms with Crippen LogP contribution in [0.3, 0.4) is 0 Å². The van der Waals surface area contributed by atoms with E-state index in [9.17, 15) is 27.2 Å². The van der Waals surface area contributed by atoms with Crippen LogP contribution < -0.4 is 10.1 Å². The molecule has 0 spiro atoms. The monoisotopic (exact) mass is 427 g/mol. The Bertz CT molecular complexity index is 964. The average molecular weight is 427 g/mol. The molecule has 0 fully saturated rings. The van der Waals surface area contributed by atoms with E-state index < -0.39 is 41.1 Å². The molecule has 0 saturated carbocycles. The van der Waals surface area contributed by atoms with Gasteiger partial charge in [0.05, 0.1) is 11.1 Å². The number of rotatable bonds is 5. The van der Waals surface area contributed by atoms with E-state index in [-0.39, 0.29) is 22.4 Å². The highest BCUT2D eigenvalue weighted by Gasteiger charge is 2.32. The number of carbonyl (C=O) groups is 2. The molecule has 0 heterocycles. The van der Waals surface area contributed by atoms with Gasteiger partial charge >= 0.3 is 12.1 Å².